The van der Waals surface area contributed by atoms with Crippen molar-refractivity contribution in [1.82, 2.24) is 10.1 Å². The minimum atomic E-state index is -4.48. The van der Waals surface area contributed by atoms with Crippen LogP contribution in [0, 0.1) is 0 Å². The average Bonchev–Trinajstić information content (AvgIpc) is 3.18. The van der Waals surface area contributed by atoms with E-state index < -0.39 is 23.8 Å². The zero-order valence-electron chi connectivity index (χ0n) is 14.9. The van der Waals surface area contributed by atoms with Crippen LogP contribution in [-0.2, 0) is 10.9 Å². The molecule has 3 aromatic rings. The van der Waals surface area contributed by atoms with Crippen molar-refractivity contribution < 1.29 is 32.0 Å². The van der Waals surface area contributed by atoms with Gasteiger partial charge in [-0.1, -0.05) is 17.3 Å². The number of esters is 1. The topological polar surface area (TPSA) is 74.5 Å². The van der Waals surface area contributed by atoms with Crippen LogP contribution in [0.2, 0.25) is 0 Å². The molecule has 1 atom stereocenters. The van der Waals surface area contributed by atoms with Crippen molar-refractivity contribution >= 4 is 5.97 Å². The first-order valence-electron chi connectivity index (χ1n) is 8.14. The van der Waals surface area contributed by atoms with Crippen LogP contribution in [0.5, 0.6) is 5.75 Å². The van der Waals surface area contributed by atoms with Crippen LogP contribution in [0.25, 0.3) is 11.4 Å². The van der Waals surface area contributed by atoms with Gasteiger partial charge in [-0.3, -0.25) is 0 Å². The molecule has 0 amide bonds. The van der Waals surface area contributed by atoms with E-state index >= 15 is 0 Å². The van der Waals surface area contributed by atoms with Gasteiger partial charge in [-0.05, 0) is 43.3 Å². The molecule has 0 radical (unpaired) electrons. The van der Waals surface area contributed by atoms with Gasteiger partial charge in [-0.15, -0.1) is 0 Å². The zero-order chi connectivity index (χ0) is 20.3. The summed E-state index contributed by atoms with van der Waals surface area (Å²) in [7, 11) is 1.51. The maximum Gasteiger partial charge on any atom is 0.416 e. The molecule has 0 saturated heterocycles. The number of aromatic nitrogens is 2. The molecule has 0 aliphatic rings. The van der Waals surface area contributed by atoms with E-state index in [1.807, 2.05) is 0 Å². The fourth-order valence-corrected chi connectivity index (χ4v) is 2.36. The van der Waals surface area contributed by atoms with Crippen LogP contribution < -0.4 is 4.74 Å². The van der Waals surface area contributed by atoms with Gasteiger partial charge in [0, 0.05) is 5.56 Å². The summed E-state index contributed by atoms with van der Waals surface area (Å²) in [6.45, 7) is 1.52. The minimum absolute atomic E-state index is 0.0331. The third kappa shape index (κ3) is 4.30. The molecular formula is C19H15F3N2O4. The highest BCUT2D eigenvalue weighted by Crippen LogP contribution is 2.31. The molecule has 0 aliphatic carbocycles. The number of methoxy groups -OCH3 is 1. The van der Waals surface area contributed by atoms with E-state index in [2.05, 4.69) is 10.1 Å². The average molecular weight is 392 g/mol. The molecule has 2 aromatic carbocycles. The quantitative estimate of drug-likeness (QED) is 0.587. The fourth-order valence-electron chi connectivity index (χ4n) is 2.36. The summed E-state index contributed by atoms with van der Waals surface area (Å²) in [4.78, 5) is 16.2. The molecule has 0 aliphatic heterocycles. The molecule has 0 bridgehead atoms. The summed E-state index contributed by atoms with van der Waals surface area (Å²) in [6, 6.07) is 10.8. The second-order valence-corrected chi connectivity index (χ2v) is 5.81. The van der Waals surface area contributed by atoms with Gasteiger partial charge < -0.3 is 14.0 Å². The van der Waals surface area contributed by atoms with Gasteiger partial charge in [0.25, 0.3) is 5.89 Å². The van der Waals surface area contributed by atoms with E-state index in [0.717, 1.165) is 12.1 Å². The molecule has 146 valence electrons. The van der Waals surface area contributed by atoms with Gasteiger partial charge in [0.2, 0.25) is 5.82 Å². The van der Waals surface area contributed by atoms with Crippen molar-refractivity contribution in [1.29, 1.82) is 0 Å². The van der Waals surface area contributed by atoms with E-state index in [1.54, 1.807) is 12.1 Å². The molecule has 0 fully saturated rings. The standard InChI is InChI=1S/C19H15F3N2O4/c1-11(27-18(25)12-6-8-15(26-2)9-7-12)17-23-16(24-28-17)13-4-3-5-14(10-13)19(20,21)22/h3-11H,1-2H3. The summed E-state index contributed by atoms with van der Waals surface area (Å²) in [6.07, 6.45) is -5.37. The molecule has 1 heterocycles. The molecule has 1 aromatic heterocycles. The lowest BCUT2D eigenvalue weighted by molar-refractivity contribution is -0.137. The summed E-state index contributed by atoms with van der Waals surface area (Å²) < 4.78 is 53.8. The Morgan fingerprint density at radius 3 is 2.50 bits per heavy atom. The van der Waals surface area contributed by atoms with Gasteiger partial charge in [0.05, 0.1) is 18.2 Å². The molecule has 28 heavy (non-hydrogen) atoms. The number of hydrogen-bond acceptors (Lipinski definition) is 6. The Balaban J connectivity index is 1.73. The van der Waals surface area contributed by atoms with Crippen LogP contribution in [0.4, 0.5) is 13.2 Å². The minimum Gasteiger partial charge on any atom is -0.497 e. The van der Waals surface area contributed by atoms with Gasteiger partial charge in [-0.25, -0.2) is 4.79 Å². The van der Waals surface area contributed by atoms with Crippen molar-refractivity contribution in [3.05, 3.63) is 65.5 Å². The molecule has 0 N–H and O–H groups in total. The Morgan fingerprint density at radius 1 is 1.14 bits per heavy atom. The molecular weight excluding hydrogens is 377 g/mol. The lowest BCUT2D eigenvalue weighted by atomic mass is 10.1. The number of ether oxygens (including phenoxy) is 2. The highest BCUT2D eigenvalue weighted by Gasteiger charge is 2.31. The second-order valence-electron chi connectivity index (χ2n) is 5.81. The zero-order valence-corrected chi connectivity index (χ0v) is 14.9. The molecule has 9 heteroatoms. The SMILES string of the molecule is COc1ccc(C(=O)OC(C)c2nc(-c3cccc(C(F)(F)F)c3)no2)cc1. The molecule has 0 saturated carbocycles. The Labute approximate surface area is 157 Å². The number of alkyl halides is 3. The van der Waals surface area contributed by atoms with Gasteiger partial charge in [0.15, 0.2) is 6.10 Å². The number of rotatable bonds is 5. The lowest BCUT2D eigenvalue weighted by Crippen LogP contribution is -2.09. The Hall–Kier alpha value is -3.36. The third-order valence-corrected chi connectivity index (χ3v) is 3.85. The van der Waals surface area contributed by atoms with Crippen molar-refractivity contribution in [2.45, 2.75) is 19.2 Å². The summed E-state index contributed by atoms with van der Waals surface area (Å²) in [5.74, 6) is -0.0936. The highest BCUT2D eigenvalue weighted by atomic mass is 19.4. The number of benzene rings is 2. The number of nitrogens with zero attached hydrogens (tertiary/aromatic N) is 2. The fraction of sp³-hybridized carbons (Fsp3) is 0.211. The van der Waals surface area contributed by atoms with Crippen LogP contribution in [0.15, 0.2) is 53.1 Å². The Bertz CT molecular complexity index is 968. The van der Waals surface area contributed by atoms with Crippen LogP contribution >= 0.6 is 0 Å². The van der Waals surface area contributed by atoms with Gasteiger partial charge in [0.1, 0.15) is 5.75 Å². The third-order valence-electron chi connectivity index (χ3n) is 3.85. The van der Waals surface area contributed by atoms with E-state index in [1.165, 1.54) is 38.3 Å². The van der Waals surface area contributed by atoms with Gasteiger partial charge in [-0.2, -0.15) is 18.2 Å². The predicted molar refractivity (Wildman–Crippen MR) is 91.6 cm³/mol. The van der Waals surface area contributed by atoms with Crippen molar-refractivity contribution in [3.63, 3.8) is 0 Å². The van der Waals surface area contributed by atoms with Crippen molar-refractivity contribution in [2.75, 3.05) is 7.11 Å². The first-order valence-corrected chi connectivity index (χ1v) is 8.14. The molecule has 3 rings (SSSR count). The number of carbonyl (C=O) groups is 1. The van der Waals surface area contributed by atoms with E-state index in [0.29, 0.717) is 11.3 Å². The largest absolute Gasteiger partial charge is 0.497 e. The van der Waals surface area contributed by atoms with Crippen LogP contribution in [0.1, 0.15) is 34.8 Å². The summed E-state index contributed by atoms with van der Waals surface area (Å²) in [5.41, 5.74) is -0.390. The maximum atomic E-state index is 12.8. The Kier molecular flexibility index (Phi) is 5.34. The number of halogens is 3. The lowest BCUT2D eigenvalue weighted by Gasteiger charge is -2.09. The molecule has 1 unspecified atom stereocenters. The number of hydrogen-bond donors (Lipinski definition) is 0. The van der Waals surface area contributed by atoms with E-state index in [-0.39, 0.29) is 17.3 Å². The summed E-state index contributed by atoms with van der Waals surface area (Å²) >= 11 is 0. The highest BCUT2D eigenvalue weighted by molar-refractivity contribution is 5.89. The second kappa shape index (κ2) is 7.71. The first kappa shape index (κ1) is 19.4. The van der Waals surface area contributed by atoms with E-state index in [4.69, 9.17) is 14.0 Å². The summed E-state index contributed by atoms with van der Waals surface area (Å²) in [5, 5.41) is 3.67. The molecule has 0 spiro atoms. The van der Waals surface area contributed by atoms with Gasteiger partial charge >= 0.3 is 12.1 Å². The van der Waals surface area contributed by atoms with Crippen LogP contribution in [-0.4, -0.2) is 23.2 Å². The monoisotopic (exact) mass is 392 g/mol. The maximum absolute atomic E-state index is 12.8. The van der Waals surface area contributed by atoms with Crippen molar-refractivity contribution in [3.8, 4) is 17.1 Å². The number of carbonyl (C=O) groups excluding carboxylic acids is 1. The smallest absolute Gasteiger partial charge is 0.416 e. The molecule has 6 nitrogen and oxygen atoms in total. The first-order chi connectivity index (χ1) is 13.3. The van der Waals surface area contributed by atoms with Crippen molar-refractivity contribution in [2.24, 2.45) is 0 Å². The normalized spacial score (nSPS) is 12.5. The predicted octanol–water partition coefficient (Wildman–Crippen LogP) is 4.68. The van der Waals surface area contributed by atoms with Crippen LogP contribution in [0.3, 0.4) is 0 Å². The van der Waals surface area contributed by atoms with E-state index in [9.17, 15) is 18.0 Å². The Morgan fingerprint density at radius 2 is 1.86 bits per heavy atom.